The first kappa shape index (κ1) is 13.4. The van der Waals surface area contributed by atoms with Crippen LogP contribution >= 0.6 is 0 Å². The first-order valence-electron chi connectivity index (χ1n) is 7.60. The number of nitrogens with zero attached hydrogens (tertiary/aromatic N) is 3. The molecule has 1 aromatic heterocycles. The molecule has 0 spiro atoms. The van der Waals surface area contributed by atoms with Gasteiger partial charge in [0, 0.05) is 31.7 Å². The van der Waals surface area contributed by atoms with Gasteiger partial charge in [-0.15, -0.1) is 6.58 Å². The second-order valence-electron chi connectivity index (χ2n) is 6.11. The number of rotatable bonds is 5. The molecule has 2 aliphatic rings. The van der Waals surface area contributed by atoms with Crippen molar-refractivity contribution in [2.24, 2.45) is 13.0 Å². The van der Waals surface area contributed by atoms with Crippen molar-refractivity contribution in [2.45, 2.75) is 44.1 Å². The summed E-state index contributed by atoms with van der Waals surface area (Å²) in [5.41, 5.74) is 1.20. The Balaban J connectivity index is 1.66. The molecule has 0 radical (unpaired) electrons. The molecule has 20 heavy (non-hydrogen) atoms. The predicted octanol–water partition coefficient (Wildman–Crippen LogP) is 2.48. The summed E-state index contributed by atoms with van der Waals surface area (Å²) in [7, 11) is 1.92. The highest BCUT2D eigenvalue weighted by Gasteiger charge is 2.47. The van der Waals surface area contributed by atoms with Gasteiger partial charge in [-0.05, 0) is 30.7 Å². The molecule has 0 aromatic carbocycles. The van der Waals surface area contributed by atoms with Crippen molar-refractivity contribution in [1.29, 1.82) is 0 Å². The Bertz CT molecular complexity index is 502. The van der Waals surface area contributed by atoms with Gasteiger partial charge in [0.05, 0.1) is 6.20 Å². The highest BCUT2D eigenvalue weighted by Crippen LogP contribution is 2.48. The molecule has 2 unspecified atom stereocenters. The second kappa shape index (κ2) is 5.43. The van der Waals surface area contributed by atoms with Crippen LogP contribution < -0.4 is 0 Å². The zero-order valence-corrected chi connectivity index (χ0v) is 12.2. The maximum Gasteiger partial charge on any atom is 0.226 e. The summed E-state index contributed by atoms with van der Waals surface area (Å²) in [6.07, 6.45) is 11.6. The summed E-state index contributed by atoms with van der Waals surface area (Å²) < 4.78 is 1.81. The lowest BCUT2D eigenvalue weighted by Crippen LogP contribution is -2.40. The van der Waals surface area contributed by atoms with Gasteiger partial charge in [0.25, 0.3) is 0 Å². The third kappa shape index (κ3) is 2.51. The highest BCUT2D eigenvalue weighted by atomic mass is 16.2. The van der Waals surface area contributed by atoms with E-state index in [1.807, 2.05) is 30.2 Å². The van der Waals surface area contributed by atoms with Gasteiger partial charge in [0.1, 0.15) is 0 Å². The summed E-state index contributed by atoms with van der Waals surface area (Å²) in [4.78, 5) is 14.8. The standard InChI is InChI=1S/C16H23N3O/c1-3-8-19(13-6-4-5-7-13)16(20)15-9-14(15)12-10-17-18(2)11-12/h3,10-11,13-15H,1,4-9H2,2H3. The van der Waals surface area contributed by atoms with E-state index in [0.717, 1.165) is 19.3 Å². The van der Waals surface area contributed by atoms with Crippen molar-refractivity contribution in [3.05, 3.63) is 30.6 Å². The largest absolute Gasteiger partial charge is 0.336 e. The molecule has 1 heterocycles. The van der Waals surface area contributed by atoms with Crippen molar-refractivity contribution < 1.29 is 4.79 Å². The van der Waals surface area contributed by atoms with E-state index in [-0.39, 0.29) is 5.92 Å². The summed E-state index contributed by atoms with van der Waals surface area (Å²) in [5.74, 6) is 0.871. The lowest BCUT2D eigenvalue weighted by Gasteiger charge is -2.28. The van der Waals surface area contributed by atoms with E-state index < -0.39 is 0 Å². The predicted molar refractivity (Wildman–Crippen MR) is 78.2 cm³/mol. The van der Waals surface area contributed by atoms with E-state index in [2.05, 4.69) is 16.6 Å². The number of amides is 1. The molecule has 1 amide bonds. The SMILES string of the molecule is C=CCN(C(=O)C1CC1c1cnn(C)c1)C1CCCC1. The van der Waals surface area contributed by atoms with Crippen LogP contribution in [0.3, 0.4) is 0 Å². The Morgan fingerprint density at radius 1 is 1.55 bits per heavy atom. The minimum atomic E-state index is 0.166. The number of aryl methyl sites for hydroxylation is 1. The molecule has 0 bridgehead atoms. The number of aromatic nitrogens is 2. The molecule has 2 atom stereocenters. The number of carbonyl (C=O) groups excluding carboxylic acids is 1. The Kier molecular flexibility index (Phi) is 3.64. The van der Waals surface area contributed by atoms with Crippen LogP contribution in [0.1, 0.15) is 43.6 Å². The van der Waals surface area contributed by atoms with Crippen LogP contribution in [0, 0.1) is 5.92 Å². The van der Waals surface area contributed by atoms with Crippen LogP contribution in [0.5, 0.6) is 0 Å². The molecule has 2 saturated carbocycles. The van der Waals surface area contributed by atoms with Gasteiger partial charge in [-0.1, -0.05) is 18.9 Å². The van der Waals surface area contributed by atoms with Crippen LogP contribution in [0.25, 0.3) is 0 Å². The molecular weight excluding hydrogens is 250 g/mol. The lowest BCUT2D eigenvalue weighted by molar-refractivity contribution is -0.134. The maximum absolute atomic E-state index is 12.7. The van der Waals surface area contributed by atoms with Gasteiger partial charge in [-0.25, -0.2) is 0 Å². The summed E-state index contributed by atoms with van der Waals surface area (Å²) in [6, 6.07) is 0.440. The Hall–Kier alpha value is -1.58. The summed E-state index contributed by atoms with van der Waals surface area (Å²) in [5, 5.41) is 4.21. The first-order valence-corrected chi connectivity index (χ1v) is 7.60. The van der Waals surface area contributed by atoms with Crippen LogP contribution in [0.2, 0.25) is 0 Å². The van der Waals surface area contributed by atoms with Crippen molar-refractivity contribution in [2.75, 3.05) is 6.54 Å². The molecule has 4 heteroatoms. The van der Waals surface area contributed by atoms with Gasteiger partial charge >= 0.3 is 0 Å². The fourth-order valence-electron chi connectivity index (χ4n) is 3.45. The fourth-order valence-corrected chi connectivity index (χ4v) is 3.45. The molecule has 108 valence electrons. The zero-order chi connectivity index (χ0) is 14.1. The van der Waals surface area contributed by atoms with Gasteiger partial charge < -0.3 is 4.90 Å². The third-order valence-corrected chi connectivity index (χ3v) is 4.63. The Morgan fingerprint density at radius 2 is 2.30 bits per heavy atom. The summed E-state index contributed by atoms with van der Waals surface area (Å²) in [6.45, 7) is 4.50. The highest BCUT2D eigenvalue weighted by molar-refractivity contribution is 5.83. The molecule has 0 saturated heterocycles. The third-order valence-electron chi connectivity index (χ3n) is 4.63. The molecule has 1 aromatic rings. The van der Waals surface area contributed by atoms with E-state index in [4.69, 9.17) is 0 Å². The van der Waals surface area contributed by atoms with E-state index in [9.17, 15) is 4.79 Å². The Morgan fingerprint density at radius 3 is 2.90 bits per heavy atom. The molecule has 0 N–H and O–H groups in total. The van der Waals surface area contributed by atoms with E-state index in [1.165, 1.54) is 18.4 Å². The maximum atomic E-state index is 12.7. The van der Waals surface area contributed by atoms with Crippen LogP contribution in [0.15, 0.2) is 25.0 Å². The van der Waals surface area contributed by atoms with Crippen LogP contribution in [0.4, 0.5) is 0 Å². The average Bonchev–Trinajstić information content (AvgIpc) is 2.85. The molecule has 4 nitrogen and oxygen atoms in total. The number of carbonyl (C=O) groups is 1. The Labute approximate surface area is 120 Å². The summed E-state index contributed by atoms with van der Waals surface area (Å²) >= 11 is 0. The zero-order valence-electron chi connectivity index (χ0n) is 12.2. The van der Waals surface area contributed by atoms with E-state index in [1.54, 1.807) is 0 Å². The topological polar surface area (TPSA) is 38.1 Å². The molecule has 3 rings (SSSR count). The molecule has 2 fully saturated rings. The lowest BCUT2D eigenvalue weighted by atomic mass is 10.1. The van der Waals surface area contributed by atoms with Gasteiger partial charge in [0.2, 0.25) is 5.91 Å². The minimum absolute atomic E-state index is 0.166. The monoisotopic (exact) mass is 273 g/mol. The van der Waals surface area contributed by atoms with Gasteiger partial charge in [-0.3, -0.25) is 9.48 Å². The normalized spacial score (nSPS) is 25.6. The van der Waals surface area contributed by atoms with Crippen molar-refractivity contribution in [3.63, 3.8) is 0 Å². The van der Waals surface area contributed by atoms with Gasteiger partial charge in [0.15, 0.2) is 0 Å². The number of hydrogen-bond acceptors (Lipinski definition) is 2. The van der Waals surface area contributed by atoms with Crippen LogP contribution in [-0.2, 0) is 11.8 Å². The van der Waals surface area contributed by atoms with Crippen molar-refractivity contribution >= 4 is 5.91 Å². The van der Waals surface area contributed by atoms with E-state index in [0.29, 0.717) is 24.4 Å². The van der Waals surface area contributed by atoms with Crippen LogP contribution in [-0.4, -0.2) is 33.2 Å². The minimum Gasteiger partial charge on any atom is -0.336 e. The van der Waals surface area contributed by atoms with Crippen molar-refractivity contribution in [1.82, 2.24) is 14.7 Å². The second-order valence-corrected chi connectivity index (χ2v) is 6.11. The van der Waals surface area contributed by atoms with Crippen molar-refractivity contribution in [3.8, 4) is 0 Å². The van der Waals surface area contributed by atoms with Gasteiger partial charge in [-0.2, -0.15) is 5.10 Å². The van der Waals surface area contributed by atoms with E-state index >= 15 is 0 Å². The quantitative estimate of drug-likeness (QED) is 0.773. The number of hydrogen-bond donors (Lipinski definition) is 0. The fraction of sp³-hybridized carbons (Fsp3) is 0.625. The molecule has 0 aliphatic heterocycles. The molecule has 2 aliphatic carbocycles. The average molecular weight is 273 g/mol. The smallest absolute Gasteiger partial charge is 0.226 e. The first-order chi connectivity index (χ1) is 9.70. The molecular formula is C16H23N3O.